The third-order valence-corrected chi connectivity index (χ3v) is 1.84. The first-order valence-corrected chi connectivity index (χ1v) is 4.41. The summed E-state index contributed by atoms with van der Waals surface area (Å²) in [5.41, 5.74) is 0. The number of aliphatic hydroxyl groups is 1. The molecule has 0 aromatic carbocycles. The van der Waals surface area contributed by atoms with Crippen LogP contribution in [0, 0.1) is 0 Å². The number of likely N-dealkylation sites (N-methyl/N-ethyl adjacent to an activating group) is 1. The lowest BCUT2D eigenvalue weighted by Crippen LogP contribution is -2.41. The maximum Gasteiger partial charge on any atom is 0.169 e. The maximum absolute atomic E-state index is 8.69. The summed E-state index contributed by atoms with van der Waals surface area (Å²) in [6.07, 6.45) is 1.75. The number of nitrogens with one attached hydrogen (secondary N) is 1. The topological polar surface area (TPSA) is 35.5 Å². The lowest BCUT2D eigenvalue weighted by atomic mass is 10.5. The van der Waals surface area contributed by atoms with Crippen molar-refractivity contribution in [2.75, 3.05) is 26.2 Å². The van der Waals surface area contributed by atoms with Gasteiger partial charge in [0, 0.05) is 19.6 Å². The van der Waals surface area contributed by atoms with Crippen molar-refractivity contribution in [1.29, 1.82) is 0 Å². The predicted molar refractivity (Wildman–Crippen MR) is 55.1 cm³/mol. The van der Waals surface area contributed by atoms with Gasteiger partial charge in [0.1, 0.15) is 0 Å². The number of aliphatic hydroxyl groups excluding tert-OH is 1. The second-order valence-corrected chi connectivity index (χ2v) is 2.66. The van der Waals surface area contributed by atoms with Gasteiger partial charge in [-0.15, -0.1) is 6.58 Å². The summed E-state index contributed by atoms with van der Waals surface area (Å²) in [5, 5.41) is 12.4. The molecule has 0 aliphatic carbocycles. The zero-order chi connectivity index (χ0) is 9.40. The minimum Gasteiger partial charge on any atom is -0.395 e. The van der Waals surface area contributed by atoms with E-state index >= 15 is 0 Å². The lowest BCUT2D eigenvalue weighted by Gasteiger charge is -2.22. The van der Waals surface area contributed by atoms with E-state index in [9.17, 15) is 0 Å². The molecule has 0 unspecified atom stereocenters. The molecular weight excluding hydrogens is 172 g/mol. The number of rotatable bonds is 5. The van der Waals surface area contributed by atoms with Gasteiger partial charge in [-0.1, -0.05) is 6.08 Å². The van der Waals surface area contributed by atoms with Crippen molar-refractivity contribution in [2.24, 2.45) is 0 Å². The fourth-order valence-corrected chi connectivity index (χ4v) is 1.10. The molecule has 0 amide bonds. The molecule has 0 aliphatic heterocycles. The zero-order valence-electron chi connectivity index (χ0n) is 7.42. The van der Waals surface area contributed by atoms with Crippen LogP contribution in [0.15, 0.2) is 12.7 Å². The van der Waals surface area contributed by atoms with Crippen LogP contribution in [0.5, 0.6) is 0 Å². The molecule has 0 atom stereocenters. The first-order valence-electron chi connectivity index (χ1n) is 4.00. The number of hydrogen-bond acceptors (Lipinski definition) is 2. The van der Waals surface area contributed by atoms with Crippen molar-refractivity contribution in [3.05, 3.63) is 12.7 Å². The smallest absolute Gasteiger partial charge is 0.169 e. The van der Waals surface area contributed by atoms with Crippen LogP contribution in [0.4, 0.5) is 0 Å². The van der Waals surface area contributed by atoms with Crippen molar-refractivity contribution in [3.8, 4) is 0 Å². The summed E-state index contributed by atoms with van der Waals surface area (Å²) in [7, 11) is 0. The molecule has 0 aromatic rings. The molecule has 0 fully saturated rings. The second-order valence-electron chi connectivity index (χ2n) is 2.28. The van der Waals surface area contributed by atoms with Crippen LogP contribution >= 0.6 is 12.2 Å². The fraction of sp³-hybridized carbons (Fsp3) is 0.625. The zero-order valence-corrected chi connectivity index (χ0v) is 8.23. The minimum atomic E-state index is 0.129. The van der Waals surface area contributed by atoms with E-state index in [0.717, 1.165) is 6.54 Å². The highest BCUT2D eigenvalue weighted by molar-refractivity contribution is 7.80. The quantitative estimate of drug-likeness (QED) is 0.482. The van der Waals surface area contributed by atoms with E-state index in [-0.39, 0.29) is 6.61 Å². The summed E-state index contributed by atoms with van der Waals surface area (Å²) in [5.74, 6) is 0. The van der Waals surface area contributed by atoms with Crippen molar-refractivity contribution < 1.29 is 5.11 Å². The van der Waals surface area contributed by atoms with E-state index in [2.05, 4.69) is 11.9 Å². The highest BCUT2D eigenvalue weighted by Crippen LogP contribution is 1.88. The Morgan fingerprint density at radius 1 is 1.75 bits per heavy atom. The van der Waals surface area contributed by atoms with Gasteiger partial charge in [-0.2, -0.15) is 0 Å². The largest absolute Gasteiger partial charge is 0.395 e. The van der Waals surface area contributed by atoms with Crippen molar-refractivity contribution in [2.45, 2.75) is 6.92 Å². The summed E-state index contributed by atoms with van der Waals surface area (Å²) in [6, 6.07) is 0. The number of hydrogen-bond donors (Lipinski definition) is 2. The van der Waals surface area contributed by atoms with Gasteiger partial charge in [0.15, 0.2) is 5.11 Å². The van der Waals surface area contributed by atoms with Crippen LogP contribution in [0.2, 0.25) is 0 Å². The van der Waals surface area contributed by atoms with Crippen molar-refractivity contribution in [1.82, 2.24) is 10.2 Å². The minimum absolute atomic E-state index is 0.129. The molecule has 0 saturated carbocycles. The second kappa shape index (κ2) is 7.06. The van der Waals surface area contributed by atoms with Gasteiger partial charge in [0.2, 0.25) is 0 Å². The Bertz CT molecular complexity index is 150. The molecule has 0 spiro atoms. The Kier molecular flexibility index (Phi) is 6.70. The molecule has 4 heteroatoms. The van der Waals surface area contributed by atoms with Crippen LogP contribution in [-0.2, 0) is 0 Å². The van der Waals surface area contributed by atoms with E-state index in [4.69, 9.17) is 17.3 Å². The van der Waals surface area contributed by atoms with Crippen molar-refractivity contribution >= 4 is 17.3 Å². The lowest BCUT2D eigenvalue weighted by molar-refractivity contribution is 0.252. The Morgan fingerprint density at radius 3 is 2.83 bits per heavy atom. The molecule has 0 rings (SSSR count). The summed E-state index contributed by atoms with van der Waals surface area (Å²) in [6.45, 7) is 7.76. The SMILES string of the molecule is C=CCNC(=S)N(CC)CCO. The third kappa shape index (κ3) is 4.31. The van der Waals surface area contributed by atoms with E-state index in [1.54, 1.807) is 6.08 Å². The summed E-state index contributed by atoms with van der Waals surface area (Å²) >= 11 is 5.06. The van der Waals surface area contributed by atoms with Crippen LogP contribution in [0.25, 0.3) is 0 Å². The summed E-state index contributed by atoms with van der Waals surface area (Å²) in [4.78, 5) is 1.90. The van der Waals surface area contributed by atoms with Gasteiger partial charge in [0.05, 0.1) is 6.61 Å². The van der Waals surface area contributed by atoms with Gasteiger partial charge < -0.3 is 15.3 Å². The van der Waals surface area contributed by atoms with Crippen molar-refractivity contribution in [3.63, 3.8) is 0 Å². The number of nitrogens with zero attached hydrogens (tertiary/aromatic N) is 1. The Labute approximate surface area is 79.1 Å². The van der Waals surface area contributed by atoms with Gasteiger partial charge in [-0.05, 0) is 19.1 Å². The molecule has 0 heterocycles. The third-order valence-electron chi connectivity index (χ3n) is 1.44. The molecule has 12 heavy (non-hydrogen) atoms. The molecular formula is C8H16N2OS. The van der Waals surface area contributed by atoms with Gasteiger partial charge in [-0.3, -0.25) is 0 Å². The molecule has 0 radical (unpaired) electrons. The van der Waals surface area contributed by atoms with Crippen LogP contribution < -0.4 is 5.32 Å². The molecule has 0 saturated heterocycles. The first-order chi connectivity index (χ1) is 5.76. The Hall–Kier alpha value is -0.610. The molecule has 70 valence electrons. The van der Waals surface area contributed by atoms with Crippen LogP contribution in [0.1, 0.15) is 6.92 Å². The van der Waals surface area contributed by atoms with Crippen LogP contribution in [-0.4, -0.2) is 41.4 Å². The van der Waals surface area contributed by atoms with E-state index in [1.165, 1.54) is 0 Å². The van der Waals surface area contributed by atoms with E-state index < -0.39 is 0 Å². The Balaban J connectivity index is 3.76. The molecule has 0 aromatic heterocycles. The first kappa shape index (κ1) is 11.4. The van der Waals surface area contributed by atoms with E-state index in [0.29, 0.717) is 18.2 Å². The van der Waals surface area contributed by atoms with Crippen LogP contribution in [0.3, 0.4) is 0 Å². The van der Waals surface area contributed by atoms with Gasteiger partial charge >= 0.3 is 0 Å². The molecule has 0 bridgehead atoms. The average molecular weight is 188 g/mol. The molecule has 3 nitrogen and oxygen atoms in total. The molecule has 0 aliphatic rings. The van der Waals surface area contributed by atoms with Gasteiger partial charge in [-0.25, -0.2) is 0 Å². The average Bonchev–Trinajstić information content (AvgIpc) is 2.10. The fourth-order valence-electron chi connectivity index (χ4n) is 0.795. The normalized spacial score (nSPS) is 9.17. The highest BCUT2D eigenvalue weighted by Gasteiger charge is 2.03. The maximum atomic E-state index is 8.69. The monoisotopic (exact) mass is 188 g/mol. The van der Waals surface area contributed by atoms with Gasteiger partial charge in [0.25, 0.3) is 0 Å². The molecule has 2 N–H and O–H groups in total. The Morgan fingerprint density at radius 2 is 2.42 bits per heavy atom. The predicted octanol–water partition coefficient (Wildman–Crippen LogP) is 0.361. The van der Waals surface area contributed by atoms with E-state index in [1.807, 2.05) is 11.8 Å². The standard InChI is InChI=1S/C8H16N2OS/c1-3-5-9-8(12)10(4-2)6-7-11/h3,11H,1,4-7H2,2H3,(H,9,12). The summed E-state index contributed by atoms with van der Waals surface area (Å²) < 4.78 is 0. The highest BCUT2D eigenvalue weighted by atomic mass is 32.1. The number of thiocarbonyl (C=S) groups is 1.